The van der Waals surface area contributed by atoms with Gasteiger partial charge in [0, 0.05) is 12.5 Å². The second-order valence-corrected chi connectivity index (χ2v) is 6.79. The van der Waals surface area contributed by atoms with Gasteiger partial charge in [-0.05, 0) is 35.2 Å². The zero-order valence-electron chi connectivity index (χ0n) is 15.8. The quantitative estimate of drug-likeness (QED) is 0.593. The Morgan fingerprint density at radius 1 is 1.14 bits per heavy atom. The number of hydrogen-bond acceptors (Lipinski definition) is 5. The van der Waals surface area contributed by atoms with Crippen LogP contribution in [0.3, 0.4) is 0 Å². The van der Waals surface area contributed by atoms with Gasteiger partial charge >= 0.3 is 5.97 Å². The summed E-state index contributed by atoms with van der Waals surface area (Å²) in [7, 11) is 3.15. The van der Waals surface area contributed by atoms with E-state index in [-0.39, 0.29) is 19.2 Å². The molecule has 0 radical (unpaired) electrons. The molecule has 7 nitrogen and oxygen atoms in total. The zero-order chi connectivity index (χ0) is 19.4. The third-order valence-corrected chi connectivity index (χ3v) is 5.36. The van der Waals surface area contributed by atoms with Gasteiger partial charge in [-0.2, -0.15) is 4.57 Å². The summed E-state index contributed by atoms with van der Waals surface area (Å²) in [6.07, 6.45) is 2.19. The highest BCUT2D eigenvalue weighted by Gasteiger charge is 2.39. The first-order valence-electron chi connectivity index (χ1n) is 8.86. The average molecular weight is 416 g/mol. The first kappa shape index (κ1) is 19.1. The van der Waals surface area contributed by atoms with Crippen LogP contribution in [0.15, 0.2) is 36.5 Å². The van der Waals surface area contributed by atoms with E-state index in [0.717, 1.165) is 27.6 Å². The summed E-state index contributed by atoms with van der Waals surface area (Å²) in [5, 5.41) is 11.6. The van der Waals surface area contributed by atoms with Crippen LogP contribution in [0.25, 0.3) is 22.0 Å². The first-order chi connectivity index (χ1) is 13.6. The van der Waals surface area contributed by atoms with E-state index in [1.807, 2.05) is 36.5 Å². The Hall–Kier alpha value is -3.19. The smallest absolute Gasteiger partial charge is 0.373 e. The fourth-order valence-electron chi connectivity index (χ4n) is 4.03. The molecule has 2 aromatic carbocycles. The van der Waals surface area contributed by atoms with Crippen LogP contribution < -0.4 is 35.9 Å². The summed E-state index contributed by atoms with van der Waals surface area (Å²) in [4.78, 5) is 12.0. The number of carboxylic acids is 1. The summed E-state index contributed by atoms with van der Waals surface area (Å²) >= 11 is 0. The van der Waals surface area contributed by atoms with Crippen molar-refractivity contribution in [3.05, 3.63) is 42.1 Å². The monoisotopic (exact) mass is 415 g/mol. The Kier molecular flexibility index (Phi) is 4.62. The summed E-state index contributed by atoms with van der Waals surface area (Å²) in [5.41, 5.74) is 2.68. The maximum atomic E-state index is 12.0. The number of aliphatic carboxylic acids is 1. The molecule has 1 unspecified atom stereocenters. The van der Waals surface area contributed by atoms with Crippen molar-refractivity contribution < 1.29 is 45.8 Å². The number of halogens is 1. The number of carbonyl (C=O) groups is 1. The molecule has 0 fully saturated rings. The van der Waals surface area contributed by atoms with Crippen molar-refractivity contribution in [2.75, 3.05) is 21.0 Å². The van der Waals surface area contributed by atoms with Crippen LogP contribution in [-0.2, 0) is 11.2 Å². The lowest BCUT2D eigenvalue weighted by Crippen LogP contribution is -3.00. The number of pyridine rings is 1. The lowest BCUT2D eigenvalue weighted by Gasteiger charge is -2.21. The standard InChI is InChI=1S/C21H17NO6.ClH/c1-25-17-4-3-11-5-15-13-8-19-18(27-10-28-19)7-12(13)6-16(21(23)24)22(15)9-14(11)20(17)26-2;/h3-5,7-9,16H,6,10H2,1-2H3;1H. The molecule has 0 saturated carbocycles. The van der Waals surface area contributed by atoms with Gasteiger partial charge in [0.05, 0.1) is 25.2 Å². The Bertz CT molecular complexity index is 1150. The Labute approximate surface area is 172 Å². The summed E-state index contributed by atoms with van der Waals surface area (Å²) < 4.78 is 23.7. The number of aromatic nitrogens is 1. The Morgan fingerprint density at radius 3 is 2.59 bits per heavy atom. The minimum absolute atomic E-state index is 0. The third-order valence-electron chi connectivity index (χ3n) is 5.36. The number of carboxylic acid groups (broad SMARTS) is 1. The van der Waals surface area contributed by atoms with E-state index in [4.69, 9.17) is 18.9 Å². The molecular weight excluding hydrogens is 398 g/mol. The van der Waals surface area contributed by atoms with Gasteiger partial charge in [0.1, 0.15) is 0 Å². The Morgan fingerprint density at radius 2 is 1.90 bits per heavy atom. The largest absolute Gasteiger partial charge is 1.00 e. The molecule has 3 aromatic rings. The second kappa shape index (κ2) is 7.00. The number of rotatable bonds is 3. The van der Waals surface area contributed by atoms with E-state index >= 15 is 0 Å². The lowest BCUT2D eigenvalue weighted by atomic mass is 9.91. The number of benzene rings is 2. The number of ether oxygens (including phenoxy) is 4. The van der Waals surface area contributed by atoms with Gasteiger partial charge < -0.3 is 36.5 Å². The molecule has 0 spiro atoms. The average Bonchev–Trinajstić information content (AvgIpc) is 3.16. The van der Waals surface area contributed by atoms with Crippen LogP contribution in [0, 0.1) is 0 Å². The van der Waals surface area contributed by atoms with Gasteiger partial charge in [-0.15, -0.1) is 0 Å². The number of nitrogens with zero attached hydrogens (tertiary/aromatic N) is 1. The highest BCUT2D eigenvalue weighted by atomic mass is 35.5. The number of fused-ring (bicyclic) bond motifs is 5. The van der Waals surface area contributed by atoms with Crippen molar-refractivity contribution in [2.24, 2.45) is 0 Å². The molecule has 0 aliphatic carbocycles. The van der Waals surface area contributed by atoms with Gasteiger partial charge in [-0.25, -0.2) is 4.79 Å². The van der Waals surface area contributed by atoms with Crippen molar-refractivity contribution in [1.29, 1.82) is 0 Å². The minimum Gasteiger partial charge on any atom is -1.00 e. The van der Waals surface area contributed by atoms with Crippen LogP contribution in [0.5, 0.6) is 23.0 Å². The topological polar surface area (TPSA) is 78.1 Å². The lowest BCUT2D eigenvalue weighted by molar-refractivity contribution is -0.700. The van der Waals surface area contributed by atoms with Crippen molar-refractivity contribution in [2.45, 2.75) is 12.5 Å². The molecule has 5 rings (SSSR count). The van der Waals surface area contributed by atoms with Crippen LogP contribution in [-0.4, -0.2) is 32.1 Å². The van der Waals surface area contributed by atoms with E-state index in [1.54, 1.807) is 18.8 Å². The molecule has 150 valence electrons. The van der Waals surface area contributed by atoms with Crippen molar-refractivity contribution in [1.82, 2.24) is 0 Å². The maximum absolute atomic E-state index is 12.0. The molecule has 0 amide bonds. The van der Waals surface area contributed by atoms with Crippen LogP contribution >= 0.6 is 0 Å². The molecule has 1 N–H and O–H groups in total. The molecule has 0 saturated heterocycles. The van der Waals surface area contributed by atoms with E-state index in [2.05, 4.69) is 0 Å². The summed E-state index contributed by atoms with van der Waals surface area (Å²) in [6, 6.07) is 8.84. The second-order valence-electron chi connectivity index (χ2n) is 6.79. The van der Waals surface area contributed by atoms with E-state index in [1.165, 1.54) is 0 Å². The normalized spacial score (nSPS) is 15.9. The van der Waals surface area contributed by atoms with Crippen LogP contribution in [0.4, 0.5) is 0 Å². The summed E-state index contributed by atoms with van der Waals surface area (Å²) in [5.74, 6) is 1.61. The van der Waals surface area contributed by atoms with Crippen molar-refractivity contribution in [3.63, 3.8) is 0 Å². The SMILES string of the molecule is COc1ccc2cc3[n+](cc2c1OC)C(C(=O)O)Cc1cc2c(cc1-3)OCO2.[Cl-]. The van der Waals surface area contributed by atoms with Gasteiger partial charge in [0.2, 0.25) is 12.5 Å². The first-order valence-corrected chi connectivity index (χ1v) is 8.86. The number of methoxy groups -OCH3 is 2. The predicted octanol–water partition coefficient (Wildman–Crippen LogP) is -0.274. The molecule has 2 aliphatic heterocycles. The van der Waals surface area contributed by atoms with E-state index in [0.29, 0.717) is 29.4 Å². The molecule has 1 aromatic heterocycles. The summed E-state index contributed by atoms with van der Waals surface area (Å²) in [6.45, 7) is 0.176. The molecular formula is C21H18ClNO6. The molecule has 3 heterocycles. The maximum Gasteiger partial charge on any atom is 0.373 e. The van der Waals surface area contributed by atoms with Gasteiger partial charge in [-0.1, -0.05) is 0 Å². The molecule has 29 heavy (non-hydrogen) atoms. The van der Waals surface area contributed by atoms with E-state index < -0.39 is 12.0 Å². The van der Waals surface area contributed by atoms with Crippen molar-refractivity contribution >= 4 is 16.7 Å². The van der Waals surface area contributed by atoms with Crippen LogP contribution in [0.1, 0.15) is 11.6 Å². The molecule has 8 heteroatoms. The van der Waals surface area contributed by atoms with E-state index in [9.17, 15) is 9.90 Å². The molecule has 1 atom stereocenters. The minimum atomic E-state index is -0.893. The Balaban J connectivity index is 0.00000205. The van der Waals surface area contributed by atoms with Gasteiger partial charge in [-0.3, -0.25) is 0 Å². The number of hydrogen-bond donors (Lipinski definition) is 1. The van der Waals surface area contributed by atoms with Crippen LogP contribution in [0.2, 0.25) is 0 Å². The highest BCUT2D eigenvalue weighted by molar-refractivity contribution is 5.92. The van der Waals surface area contributed by atoms with Crippen molar-refractivity contribution in [3.8, 4) is 34.3 Å². The fourth-order valence-corrected chi connectivity index (χ4v) is 4.03. The van der Waals surface area contributed by atoms with Gasteiger partial charge in [0.15, 0.2) is 29.2 Å². The highest BCUT2D eigenvalue weighted by Crippen LogP contribution is 2.43. The predicted molar refractivity (Wildman–Crippen MR) is 99.2 cm³/mol. The van der Waals surface area contributed by atoms with Gasteiger partial charge in [0.25, 0.3) is 6.04 Å². The molecule has 2 aliphatic rings. The molecule has 0 bridgehead atoms. The zero-order valence-corrected chi connectivity index (χ0v) is 16.5. The third kappa shape index (κ3) is 2.81. The fraction of sp³-hybridized carbons (Fsp3) is 0.238.